The van der Waals surface area contributed by atoms with Crippen LogP contribution in [0.3, 0.4) is 0 Å². The van der Waals surface area contributed by atoms with Crippen LogP contribution < -0.4 is 30.7 Å². The molecule has 12 heterocycles. The van der Waals surface area contributed by atoms with Crippen LogP contribution in [0.2, 0.25) is 10.0 Å². The Kier molecular flexibility index (Phi) is 25.7. The van der Waals surface area contributed by atoms with E-state index < -0.39 is 82.2 Å². The largest absolute Gasteiger partial charge is 0.478 e. The van der Waals surface area contributed by atoms with Gasteiger partial charge in [-0.3, -0.25) is 15.0 Å². The molecule has 9 aromatic rings. The van der Waals surface area contributed by atoms with Gasteiger partial charge in [-0.2, -0.15) is 4.98 Å². The van der Waals surface area contributed by atoms with Crippen molar-refractivity contribution in [3.8, 4) is 0 Å². The zero-order chi connectivity index (χ0) is 80.6. The molecular formula is C74H65BrCl2F4N16O13S4. The molecule has 3 atom stereocenters. The van der Waals surface area contributed by atoms with E-state index in [0.717, 1.165) is 23.7 Å². The van der Waals surface area contributed by atoms with Crippen molar-refractivity contribution >= 4 is 155 Å². The minimum Gasteiger partial charge on any atom is -0.478 e. The Bertz CT molecular complexity index is 5320. The number of hydrogen-bond acceptors (Lipinski definition) is 30. The van der Waals surface area contributed by atoms with E-state index in [1.54, 1.807) is 37.0 Å². The van der Waals surface area contributed by atoms with E-state index in [0.29, 0.717) is 165 Å². The summed E-state index contributed by atoms with van der Waals surface area (Å²) in [7, 11) is 2.63. The van der Waals surface area contributed by atoms with Gasteiger partial charge in [0.1, 0.15) is 40.9 Å². The average Bonchev–Trinajstić information content (AvgIpc) is 0.959. The summed E-state index contributed by atoms with van der Waals surface area (Å²) in [5, 5.41) is 45.1. The summed E-state index contributed by atoms with van der Waals surface area (Å²) in [6.07, 6.45) is 13.7. The first-order valence-electron chi connectivity index (χ1n) is 35.0. The molecule has 29 nitrogen and oxygen atoms in total. The van der Waals surface area contributed by atoms with Gasteiger partial charge in [-0.1, -0.05) is 68.7 Å². The molecular weight excluding hydrogens is 1680 g/mol. The Morgan fingerprint density at radius 2 is 1.04 bits per heavy atom. The summed E-state index contributed by atoms with van der Waals surface area (Å²) in [4.78, 5) is 123. The van der Waals surface area contributed by atoms with Crippen LogP contribution in [0.25, 0.3) is 0 Å². The van der Waals surface area contributed by atoms with Gasteiger partial charge in [0.2, 0.25) is 5.95 Å². The van der Waals surface area contributed by atoms with Gasteiger partial charge in [-0.05, 0) is 81.3 Å². The number of rotatable bonds is 19. The molecule has 6 aliphatic heterocycles. The molecule has 3 fully saturated rings. The number of carbonyl (C=O) groups is 6. The maximum Gasteiger partial charge on any atom is 0.357 e. The molecule has 0 aliphatic carbocycles. The lowest BCUT2D eigenvalue weighted by atomic mass is 9.85. The van der Waals surface area contributed by atoms with Crippen molar-refractivity contribution in [3.05, 3.63) is 228 Å². The van der Waals surface area contributed by atoms with Crippen LogP contribution >= 0.6 is 84.5 Å². The Labute approximate surface area is 680 Å². The summed E-state index contributed by atoms with van der Waals surface area (Å²) in [6, 6.07) is 8.12. The van der Waals surface area contributed by atoms with Crippen LogP contribution in [0.4, 0.5) is 34.7 Å². The number of nitrogens with zero attached hydrogens (tertiary/aromatic N) is 13. The van der Waals surface area contributed by atoms with Crippen molar-refractivity contribution in [1.82, 2.24) is 50.8 Å². The third kappa shape index (κ3) is 17.9. The molecule has 0 amide bonds. The molecule has 40 heteroatoms. The van der Waals surface area contributed by atoms with Crippen molar-refractivity contribution in [3.63, 3.8) is 0 Å². The minimum atomic E-state index is -1.23. The van der Waals surface area contributed by atoms with Crippen LogP contribution in [-0.2, 0) is 28.6 Å². The van der Waals surface area contributed by atoms with Gasteiger partial charge in [0.05, 0.1) is 54.3 Å². The topological polar surface area (TPSA) is 377 Å². The number of methoxy groups -OCH3 is 2. The normalized spacial score (nSPS) is 18.2. The number of aromatic nitrogens is 7. The molecule has 6 aliphatic rings. The van der Waals surface area contributed by atoms with Gasteiger partial charge < -0.3 is 64.6 Å². The van der Waals surface area contributed by atoms with Crippen molar-refractivity contribution in [2.75, 3.05) is 74.8 Å². The quantitative estimate of drug-likeness (QED) is 0.0189. The number of ether oxygens (including phenoxy) is 3. The Morgan fingerprint density at radius 3 is 1.47 bits per heavy atom. The molecule has 114 heavy (non-hydrogen) atoms. The second kappa shape index (κ2) is 36.1. The molecule has 592 valence electrons. The van der Waals surface area contributed by atoms with E-state index >= 15 is 0 Å². The molecule has 3 aromatic carbocycles. The second-order valence-electron chi connectivity index (χ2n) is 25.8. The molecule has 0 radical (unpaired) electrons. The number of carbonyl (C=O) groups excluding carboxylic acids is 3. The Balaban J connectivity index is 0.000000149. The number of aromatic carboxylic acids is 3. The number of hydrogen-bond donors (Lipinski definition) is 6. The number of allylic oxidation sites excluding steroid dienone is 3. The highest BCUT2D eigenvalue weighted by Crippen LogP contribution is 2.45. The van der Waals surface area contributed by atoms with Crippen molar-refractivity contribution in [2.24, 2.45) is 32.7 Å². The summed E-state index contributed by atoms with van der Waals surface area (Å²) >= 11 is 21.4. The smallest absolute Gasteiger partial charge is 0.357 e. The van der Waals surface area contributed by atoms with E-state index in [4.69, 9.17) is 62.0 Å². The average molecular weight is 1740 g/mol. The van der Waals surface area contributed by atoms with E-state index in [1.807, 2.05) is 20.6 Å². The lowest BCUT2D eigenvalue weighted by Gasteiger charge is -2.36. The van der Waals surface area contributed by atoms with Gasteiger partial charge in [0.15, 0.2) is 55.0 Å². The third-order valence-electron chi connectivity index (χ3n) is 19.1. The highest BCUT2D eigenvalue weighted by molar-refractivity contribution is 9.10. The van der Waals surface area contributed by atoms with E-state index in [2.05, 4.69) is 76.7 Å². The van der Waals surface area contributed by atoms with E-state index in [-0.39, 0.29) is 62.7 Å². The van der Waals surface area contributed by atoms with Crippen molar-refractivity contribution < 1.29 is 80.3 Å². The fourth-order valence-electron chi connectivity index (χ4n) is 13.7. The predicted octanol–water partition coefficient (Wildman–Crippen LogP) is 13.1. The van der Waals surface area contributed by atoms with Gasteiger partial charge in [0, 0.05) is 142 Å². The molecule has 3 saturated heterocycles. The number of nitrogens with one attached hydrogen (secondary N) is 3. The zero-order valence-electron chi connectivity index (χ0n) is 60.1. The van der Waals surface area contributed by atoms with Crippen molar-refractivity contribution in [2.45, 2.75) is 63.6 Å². The Morgan fingerprint density at radius 1 is 0.570 bits per heavy atom. The van der Waals surface area contributed by atoms with E-state index in [1.165, 1.54) is 103 Å². The Hall–Kier alpha value is -10.9. The lowest BCUT2D eigenvalue weighted by molar-refractivity contribution is -0.139. The number of carboxylic acids is 3. The van der Waals surface area contributed by atoms with E-state index in [9.17, 15) is 51.4 Å². The number of oxazole rings is 1. The third-order valence-corrected chi connectivity index (χ3v) is 23.9. The SMILES string of the molecule is CCOC(=O)C1=C(C2CCN(c3nc(C(=O)O)co3)CC2)NC(c2nccs2)=NC1c1ccc(F)c(F)c1Cl.COC(=O)C1=C(C2CCN(c3ncc(C(=O)O)cn3)CC2)NC(c2nccs2)=NC1c1ccc(F)cc1Cl.COC(=O)C1=C(C2CCN(c3ncc(C(=O)O)s3)CC2)NC(c2nccs2)=NC1c1ccc(F)cc1Br. The molecule has 6 N–H and O–H groups in total. The maximum atomic E-state index is 14.5. The molecule has 6 aromatic heterocycles. The molecule has 0 saturated carbocycles. The second-order valence-corrected chi connectivity index (χ2v) is 31.1. The monoisotopic (exact) mass is 1740 g/mol. The van der Waals surface area contributed by atoms with Crippen LogP contribution in [0.15, 0.2) is 166 Å². The summed E-state index contributed by atoms with van der Waals surface area (Å²) in [5.74, 6) is -6.74. The minimum absolute atomic E-state index is 0.0161. The van der Waals surface area contributed by atoms with Crippen LogP contribution in [0.5, 0.6) is 0 Å². The number of aliphatic imine (C=N–C) groups is 3. The van der Waals surface area contributed by atoms with Gasteiger partial charge in [-0.15, -0.1) is 34.0 Å². The van der Waals surface area contributed by atoms with Gasteiger partial charge >= 0.3 is 35.8 Å². The zero-order valence-corrected chi connectivity index (χ0v) is 66.4. The van der Waals surface area contributed by atoms with Crippen LogP contribution in [0.1, 0.15) is 126 Å². The number of piperidine rings is 3. The number of benzene rings is 3. The molecule has 15 rings (SSSR count). The van der Waals surface area contributed by atoms with Gasteiger partial charge in [0.25, 0.3) is 6.01 Å². The molecule has 0 bridgehead atoms. The van der Waals surface area contributed by atoms with Crippen LogP contribution in [0, 0.1) is 41.0 Å². The maximum absolute atomic E-state index is 14.5. The van der Waals surface area contributed by atoms with Crippen LogP contribution in [-0.4, -0.2) is 164 Å². The van der Waals surface area contributed by atoms with Crippen molar-refractivity contribution in [1.29, 1.82) is 0 Å². The summed E-state index contributed by atoms with van der Waals surface area (Å²) in [5.41, 5.74) is 3.77. The standard InChI is InChI=1S/C25H22ClF2N5O5S.C25H22ClFN6O4S.C24H21BrFN5O4S2/c1-2-37-24(36)16-19(12-5-8-33(9-6-12)25-30-15(11-38-25)23(34)35)31-21(22-29-7-10-39-22)32-20(16)13-3-4-14(27)18(28)17(13)26;1-37-24(36)18-19(13-4-7-33(8-5-13)25-29-11-14(12-30-25)23(34)35)31-21(22-28-6-9-38-22)32-20(18)16-3-2-15(27)10-17(16)26;1-35-23(34)17-18(12-4-7-31(8-5-12)24-28-11-16(37-24)22(32)33)29-20(21-27-6-9-36-21)30-19(17)14-3-2-13(26)10-15(14)25/h3-4,7,10-12,20H,2,5-6,8-9H2,1H3,(H,31,32)(H,34,35);2-3,6,9-13,20H,4-5,7-8H2,1H3,(H,31,32)(H,34,35);2-3,6,9-12,19H,4-5,7-8H2,1H3,(H,29,30)(H,32,33). The number of carboxylic acid groups (broad SMARTS) is 3. The van der Waals surface area contributed by atoms with Gasteiger partial charge in [-0.25, -0.2) is 76.2 Å². The highest BCUT2D eigenvalue weighted by atomic mass is 79.9. The fourth-order valence-corrected chi connectivity index (χ4v) is 17.3. The first kappa shape index (κ1) is 81.1. The summed E-state index contributed by atoms with van der Waals surface area (Å²) in [6.45, 7) is 5.06. The first-order valence-corrected chi connectivity index (χ1v) is 40.0. The summed E-state index contributed by atoms with van der Waals surface area (Å²) < 4.78 is 77.7. The predicted molar refractivity (Wildman–Crippen MR) is 419 cm³/mol. The number of amidine groups is 3. The number of thiazole rings is 4. The molecule has 0 spiro atoms. The number of anilines is 3. The first-order chi connectivity index (χ1) is 55.0. The number of halogens is 7. The fraction of sp³-hybridized carbons (Fsp3) is 0.297. The highest BCUT2D eigenvalue weighted by Gasteiger charge is 2.43. The number of esters is 3. The lowest BCUT2D eigenvalue weighted by Crippen LogP contribution is -2.42. The molecule has 3 unspecified atom stereocenters.